The van der Waals surface area contributed by atoms with Crippen molar-refractivity contribution in [1.82, 2.24) is 0 Å². The van der Waals surface area contributed by atoms with Gasteiger partial charge in [-0.1, -0.05) is 75.6 Å². The maximum atomic E-state index is 12.3. The first-order chi connectivity index (χ1) is 13.4. The number of aryl methyl sites for hydroxylation is 1. The molecule has 0 saturated carbocycles. The van der Waals surface area contributed by atoms with Crippen molar-refractivity contribution in [2.75, 3.05) is 0 Å². The quantitative estimate of drug-likeness (QED) is 0.319. The van der Waals surface area contributed by atoms with E-state index >= 15 is 0 Å². The van der Waals surface area contributed by atoms with Gasteiger partial charge >= 0.3 is 29.6 Å². The van der Waals surface area contributed by atoms with Crippen molar-refractivity contribution >= 4 is 10.1 Å². The summed E-state index contributed by atoms with van der Waals surface area (Å²) in [5.41, 5.74) is 0.737. The minimum absolute atomic E-state index is 0. The van der Waals surface area contributed by atoms with Gasteiger partial charge in [0, 0.05) is 0 Å². The third-order valence-corrected chi connectivity index (χ3v) is 5.59. The zero-order chi connectivity index (χ0) is 20.4. The summed E-state index contributed by atoms with van der Waals surface area (Å²) < 4.78 is 37.6. The summed E-state index contributed by atoms with van der Waals surface area (Å²) in [7, 11) is -4.40. The smallest absolute Gasteiger partial charge is 0.872 e. The number of hydrogen-bond acceptors (Lipinski definition) is 4. The number of benzene rings is 2. The Kier molecular flexibility index (Phi) is 11.9. The van der Waals surface area contributed by atoms with Crippen LogP contribution in [0.25, 0.3) is 0 Å². The maximum Gasteiger partial charge on any atom is 1.00 e. The summed E-state index contributed by atoms with van der Waals surface area (Å²) in [5, 5.41) is 12.3. The molecule has 0 aromatic heterocycles. The average Bonchev–Trinajstić information content (AvgIpc) is 2.65. The van der Waals surface area contributed by atoms with Crippen LogP contribution >= 0.6 is 0 Å². The molecule has 0 aliphatic heterocycles. The largest absolute Gasteiger partial charge is 1.00 e. The second-order valence-electron chi connectivity index (χ2n) is 7.02. The van der Waals surface area contributed by atoms with Crippen molar-refractivity contribution in [1.29, 1.82) is 0 Å². The molecule has 2 rings (SSSR count). The Labute approximate surface area is 196 Å². The van der Waals surface area contributed by atoms with Crippen LogP contribution < -0.4 is 39.4 Å². The molecular formula is C22H29NaO5S. The van der Waals surface area contributed by atoms with Gasteiger partial charge in [0.15, 0.2) is 0 Å². The molecular weight excluding hydrogens is 399 g/mol. The van der Waals surface area contributed by atoms with E-state index in [1.807, 2.05) is 0 Å². The zero-order valence-electron chi connectivity index (χ0n) is 17.4. The second-order valence-corrected chi connectivity index (χ2v) is 8.41. The van der Waals surface area contributed by atoms with Crippen molar-refractivity contribution < 1.29 is 52.4 Å². The first kappa shape index (κ1) is 26.0. The summed E-state index contributed by atoms with van der Waals surface area (Å²) in [6.45, 7) is 2.21. The van der Waals surface area contributed by atoms with Gasteiger partial charge in [-0.3, -0.25) is 4.55 Å². The molecule has 1 N–H and O–H groups in total. The molecule has 7 heteroatoms. The summed E-state index contributed by atoms with van der Waals surface area (Å²) in [6.07, 6.45) is 10.4. The van der Waals surface area contributed by atoms with Crippen LogP contribution in [0.5, 0.6) is 17.2 Å². The predicted molar refractivity (Wildman–Crippen MR) is 109 cm³/mol. The molecule has 29 heavy (non-hydrogen) atoms. The first-order valence-corrected chi connectivity index (χ1v) is 11.4. The predicted octanol–water partition coefficient (Wildman–Crippen LogP) is 2.49. The van der Waals surface area contributed by atoms with E-state index in [1.54, 1.807) is 18.2 Å². The van der Waals surface area contributed by atoms with Crippen LogP contribution in [0.2, 0.25) is 0 Å². The van der Waals surface area contributed by atoms with Gasteiger partial charge < -0.3 is 9.84 Å². The maximum absolute atomic E-state index is 12.3. The van der Waals surface area contributed by atoms with E-state index < -0.39 is 10.1 Å². The van der Waals surface area contributed by atoms with Crippen molar-refractivity contribution in [3.8, 4) is 17.2 Å². The molecule has 0 fully saturated rings. The van der Waals surface area contributed by atoms with Crippen LogP contribution in [0, 0.1) is 0 Å². The van der Waals surface area contributed by atoms with Gasteiger partial charge in [-0.15, -0.1) is 5.75 Å². The number of hydrogen-bond donors (Lipinski definition) is 1. The van der Waals surface area contributed by atoms with E-state index in [0.717, 1.165) is 24.8 Å². The standard InChI is InChI=1S/C22H30O5S.Na/c1-2-3-4-5-6-7-8-9-12-18-15-16-19(17-20(18)23)27-21-13-10-11-14-22(21)28(24,25)26;/h10-11,13-17,23H,2-9,12H2,1H3,(H,24,25,26);/q;+1/p-1. The molecule has 0 radical (unpaired) electrons. The third-order valence-electron chi connectivity index (χ3n) is 4.69. The van der Waals surface area contributed by atoms with Crippen LogP contribution in [0.4, 0.5) is 0 Å². The molecule has 0 amide bonds. The van der Waals surface area contributed by atoms with Crippen molar-refractivity contribution in [2.24, 2.45) is 0 Å². The summed E-state index contributed by atoms with van der Waals surface area (Å²) in [6, 6.07) is 10.5. The molecule has 2 aromatic carbocycles. The summed E-state index contributed by atoms with van der Waals surface area (Å²) in [5.74, 6) is 0.116. The fraction of sp³-hybridized carbons (Fsp3) is 0.455. The Morgan fingerprint density at radius 3 is 2.17 bits per heavy atom. The van der Waals surface area contributed by atoms with Crippen molar-refractivity contribution in [2.45, 2.75) is 69.6 Å². The van der Waals surface area contributed by atoms with E-state index in [-0.39, 0.29) is 51.7 Å². The molecule has 154 valence electrons. The van der Waals surface area contributed by atoms with Crippen molar-refractivity contribution in [3.63, 3.8) is 0 Å². The minimum Gasteiger partial charge on any atom is -0.872 e. The van der Waals surface area contributed by atoms with E-state index in [4.69, 9.17) is 4.74 Å². The molecule has 0 saturated heterocycles. The van der Waals surface area contributed by atoms with Gasteiger partial charge in [-0.05, 0) is 37.1 Å². The minimum atomic E-state index is -4.40. The normalized spacial score (nSPS) is 11.1. The van der Waals surface area contributed by atoms with Crippen LogP contribution in [0.15, 0.2) is 47.4 Å². The van der Waals surface area contributed by atoms with Crippen LogP contribution in [-0.4, -0.2) is 13.0 Å². The molecule has 0 bridgehead atoms. The van der Waals surface area contributed by atoms with Crippen LogP contribution in [0.3, 0.4) is 0 Å². The van der Waals surface area contributed by atoms with Crippen molar-refractivity contribution in [3.05, 3.63) is 48.0 Å². The number of ether oxygens (including phenoxy) is 1. The number of para-hydroxylation sites is 1. The molecule has 0 aliphatic carbocycles. The molecule has 0 heterocycles. The molecule has 0 aliphatic rings. The van der Waals surface area contributed by atoms with Gasteiger partial charge in [0.2, 0.25) is 0 Å². The first-order valence-electron chi connectivity index (χ1n) is 9.96. The van der Waals surface area contributed by atoms with Crippen LogP contribution in [-0.2, 0) is 16.5 Å². The Bertz CT molecular complexity index is 852. The summed E-state index contributed by atoms with van der Waals surface area (Å²) in [4.78, 5) is -0.328. The van der Waals surface area contributed by atoms with Crippen LogP contribution in [0.1, 0.15) is 63.9 Å². The van der Waals surface area contributed by atoms with E-state index in [1.165, 1.54) is 62.8 Å². The fourth-order valence-electron chi connectivity index (χ4n) is 3.13. The monoisotopic (exact) mass is 428 g/mol. The Balaban J connectivity index is 0.00000420. The van der Waals surface area contributed by atoms with E-state index in [2.05, 4.69) is 6.92 Å². The van der Waals surface area contributed by atoms with Gasteiger partial charge in [-0.25, -0.2) is 0 Å². The Morgan fingerprint density at radius 2 is 1.55 bits per heavy atom. The SMILES string of the molecule is CCCCCCCCCCc1ccc(Oc2ccccc2S(=O)(=O)O)cc1[O-].[Na+]. The van der Waals surface area contributed by atoms with Gasteiger partial charge in [0.1, 0.15) is 16.4 Å². The summed E-state index contributed by atoms with van der Waals surface area (Å²) >= 11 is 0. The molecule has 2 aromatic rings. The molecule has 0 spiro atoms. The average molecular weight is 429 g/mol. The molecule has 0 atom stereocenters. The van der Waals surface area contributed by atoms with Gasteiger partial charge in [0.05, 0.1) is 0 Å². The number of unbranched alkanes of at least 4 members (excludes halogenated alkanes) is 7. The topological polar surface area (TPSA) is 86.7 Å². The van der Waals surface area contributed by atoms with Gasteiger partial charge in [0.25, 0.3) is 10.1 Å². The number of rotatable bonds is 12. The third kappa shape index (κ3) is 9.09. The Hall–Kier alpha value is -1.05. The van der Waals surface area contributed by atoms with Gasteiger partial charge in [-0.2, -0.15) is 8.42 Å². The second kappa shape index (κ2) is 13.3. The zero-order valence-corrected chi connectivity index (χ0v) is 20.2. The fourth-order valence-corrected chi connectivity index (χ4v) is 3.74. The molecule has 5 nitrogen and oxygen atoms in total. The molecule has 0 unspecified atom stereocenters. The van der Waals surface area contributed by atoms with E-state index in [0.29, 0.717) is 0 Å². The Morgan fingerprint density at radius 1 is 0.931 bits per heavy atom. The van der Waals surface area contributed by atoms with E-state index in [9.17, 15) is 18.1 Å².